The summed E-state index contributed by atoms with van der Waals surface area (Å²) in [6.45, 7) is 10.7. The Morgan fingerprint density at radius 3 is 2.22 bits per heavy atom. The van der Waals surface area contributed by atoms with Gasteiger partial charge in [-0.05, 0) is 23.1 Å². The number of morpholine rings is 1. The minimum Gasteiger partial charge on any atom is -0.379 e. The van der Waals surface area contributed by atoms with E-state index < -0.39 is 11.7 Å². The lowest BCUT2D eigenvalue weighted by Crippen LogP contribution is -2.43. The third kappa shape index (κ3) is 7.50. The number of rotatable bonds is 6. The van der Waals surface area contributed by atoms with Crippen molar-refractivity contribution in [2.24, 2.45) is 5.41 Å². The van der Waals surface area contributed by atoms with Crippen molar-refractivity contribution < 1.29 is 22.7 Å². The highest BCUT2D eigenvalue weighted by Gasteiger charge is 2.30. The predicted octanol–water partition coefficient (Wildman–Crippen LogP) is 3.80. The lowest BCUT2D eigenvalue weighted by atomic mass is 9.91. The smallest absolute Gasteiger partial charge is 0.379 e. The molecule has 1 amide bonds. The second kappa shape index (κ2) is 9.06. The van der Waals surface area contributed by atoms with E-state index in [1.54, 1.807) is 4.90 Å². The zero-order valence-corrected chi connectivity index (χ0v) is 16.3. The average molecular weight is 386 g/mol. The summed E-state index contributed by atoms with van der Waals surface area (Å²) in [5, 5.41) is 0. The highest BCUT2D eigenvalue weighted by molar-refractivity contribution is 5.76. The average Bonchev–Trinajstić information content (AvgIpc) is 2.57. The van der Waals surface area contributed by atoms with Crippen LogP contribution in [0.3, 0.4) is 0 Å². The molecule has 0 aliphatic carbocycles. The zero-order chi connectivity index (χ0) is 20.1. The van der Waals surface area contributed by atoms with E-state index in [2.05, 4.69) is 4.90 Å². The Balaban J connectivity index is 2.04. The molecule has 0 saturated carbocycles. The highest BCUT2D eigenvalue weighted by atomic mass is 19.4. The van der Waals surface area contributed by atoms with E-state index in [-0.39, 0.29) is 11.3 Å². The molecular formula is C20H29F3N2O2. The Hall–Kier alpha value is -1.60. The van der Waals surface area contributed by atoms with Gasteiger partial charge in [-0.1, -0.05) is 32.9 Å². The first-order chi connectivity index (χ1) is 12.5. The minimum absolute atomic E-state index is 0.0238. The first-order valence-corrected chi connectivity index (χ1v) is 9.29. The quantitative estimate of drug-likeness (QED) is 0.746. The Kier molecular flexibility index (Phi) is 7.28. The molecule has 2 rings (SSSR count). The third-order valence-corrected chi connectivity index (χ3v) is 4.48. The van der Waals surface area contributed by atoms with Crippen LogP contribution in [0.15, 0.2) is 24.3 Å². The summed E-state index contributed by atoms with van der Waals surface area (Å²) in [5.41, 5.74) is -0.117. The normalized spacial score (nSPS) is 16.4. The molecule has 1 aliphatic heterocycles. The van der Waals surface area contributed by atoms with Crippen molar-refractivity contribution in [2.75, 3.05) is 39.4 Å². The van der Waals surface area contributed by atoms with Gasteiger partial charge in [0.25, 0.3) is 0 Å². The molecule has 0 N–H and O–H groups in total. The molecule has 1 aromatic rings. The molecule has 1 saturated heterocycles. The van der Waals surface area contributed by atoms with Crippen LogP contribution in [0.4, 0.5) is 13.2 Å². The molecule has 152 valence electrons. The van der Waals surface area contributed by atoms with Gasteiger partial charge < -0.3 is 9.64 Å². The number of nitrogens with zero attached hydrogens (tertiary/aromatic N) is 2. The van der Waals surface area contributed by atoms with Gasteiger partial charge in [0.1, 0.15) is 0 Å². The van der Waals surface area contributed by atoms with Gasteiger partial charge in [0.05, 0.1) is 18.8 Å². The number of carbonyl (C=O) groups is 1. The number of ether oxygens (including phenoxy) is 1. The fourth-order valence-electron chi connectivity index (χ4n) is 2.96. The van der Waals surface area contributed by atoms with E-state index in [9.17, 15) is 18.0 Å². The van der Waals surface area contributed by atoms with E-state index >= 15 is 0 Å². The van der Waals surface area contributed by atoms with Crippen molar-refractivity contribution in [3.63, 3.8) is 0 Å². The molecule has 0 spiro atoms. The molecule has 0 atom stereocenters. The number of alkyl halides is 3. The van der Waals surface area contributed by atoms with Crippen molar-refractivity contribution in [1.82, 2.24) is 9.80 Å². The van der Waals surface area contributed by atoms with E-state index in [4.69, 9.17) is 4.74 Å². The molecule has 0 aromatic heterocycles. The van der Waals surface area contributed by atoms with Gasteiger partial charge in [0, 0.05) is 39.1 Å². The summed E-state index contributed by atoms with van der Waals surface area (Å²) >= 11 is 0. The van der Waals surface area contributed by atoms with E-state index in [0.717, 1.165) is 31.8 Å². The summed E-state index contributed by atoms with van der Waals surface area (Å²) in [4.78, 5) is 16.8. The van der Waals surface area contributed by atoms with Gasteiger partial charge in [-0.3, -0.25) is 9.69 Å². The Morgan fingerprint density at radius 1 is 1.11 bits per heavy atom. The summed E-state index contributed by atoms with van der Waals surface area (Å²) in [7, 11) is 0. The van der Waals surface area contributed by atoms with E-state index in [0.29, 0.717) is 38.3 Å². The fraction of sp³-hybridized carbons (Fsp3) is 0.650. The summed E-state index contributed by atoms with van der Waals surface area (Å²) in [6.07, 6.45) is -3.95. The maximum atomic E-state index is 12.8. The van der Waals surface area contributed by atoms with E-state index in [1.165, 1.54) is 12.1 Å². The second-order valence-electron chi connectivity index (χ2n) is 8.20. The Labute approximate surface area is 159 Å². The molecule has 1 heterocycles. The molecule has 27 heavy (non-hydrogen) atoms. The number of amides is 1. The summed E-state index contributed by atoms with van der Waals surface area (Å²) in [6, 6.07) is 5.05. The fourth-order valence-corrected chi connectivity index (χ4v) is 2.96. The molecule has 7 heteroatoms. The lowest BCUT2D eigenvalue weighted by molar-refractivity contribution is -0.138. The molecule has 0 radical (unpaired) electrons. The standard InChI is InChI=1S/C20H29F3N2O2/c1-19(2,3)14-18(26)25(9-8-24-10-12-27-13-11-24)15-16-4-6-17(7-5-16)20(21,22)23/h4-7H,8-15H2,1-3H3. The molecule has 1 fully saturated rings. The van der Waals surface area contributed by atoms with Gasteiger partial charge in [-0.15, -0.1) is 0 Å². The summed E-state index contributed by atoms with van der Waals surface area (Å²) in [5.74, 6) is 0.0238. The molecule has 1 aliphatic rings. The third-order valence-electron chi connectivity index (χ3n) is 4.48. The number of benzene rings is 1. The largest absolute Gasteiger partial charge is 0.416 e. The number of halogens is 3. The number of hydrogen-bond acceptors (Lipinski definition) is 3. The lowest BCUT2D eigenvalue weighted by Gasteiger charge is -2.31. The van der Waals surface area contributed by atoms with Crippen LogP contribution in [0.5, 0.6) is 0 Å². The van der Waals surface area contributed by atoms with Crippen LogP contribution < -0.4 is 0 Å². The van der Waals surface area contributed by atoms with Crippen molar-refractivity contribution in [3.05, 3.63) is 35.4 Å². The van der Waals surface area contributed by atoms with Gasteiger partial charge in [-0.2, -0.15) is 13.2 Å². The second-order valence-corrected chi connectivity index (χ2v) is 8.20. The molecule has 4 nitrogen and oxygen atoms in total. The highest BCUT2D eigenvalue weighted by Crippen LogP contribution is 2.29. The maximum Gasteiger partial charge on any atom is 0.416 e. The van der Waals surface area contributed by atoms with Crippen LogP contribution in [-0.2, 0) is 22.3 Å². The first-order valence-electron chi connectivity index (χ1n) is 9.29. The van der Waals surface area contributed by atoms with Gasteiger partial charge >= 0.3 is 6.18 Å². The molecule has 0 bridgehead atoms. The molecular weight excluding hydrogens is 357 g/mol. The minimum atomic E-state index is -4.35. The zero-order valence-electron chi connectivity index (χ0n) is 16.3. The SMILES string of the molecule is CC(C)(C)CC(=O)N(CCN1CCOCC1)Cc1ccc(C(F)(F)F)cc1. The van der Waals surface area contributed by atoms with Crippen molar-refractivity contribution >= 4 is 5.91 Å². The number of hydrogen-bond donors (Lipinski definition) is 0. The van der Waals surface area contributed by atoms with Gasteiger partial charge in [0.2, 0.25) is 5.91 Å². The van der Waals surface area contributed by atoms with Crippen LogP contribution in [-0.4, -0.2) is 55.1 Å². The summed E-state index contributed by atoms with van der Waals surface area (Å²) < 4.78 is 43.6. The van der Waals surface area contributed by atoms with Crippen molar-refractivity contribution in [3.8, 4) is 0 Å². The Morgan fingerprint density at radius 2 is 1.70 bits per heavy atom. The van der Waals surface area contributed by atoms with Crippen molar-refractivity contribution in [2.45, 2.75) is 39.9 Å². The van der Waals surface area contributed by atoms with Gasteiger partial charge in [-0.25, -0.2) is 0 Å². The molecule has 1 aromatic carbocycles. The van der Waals surface area contributed by atoms with Crippen LogP contribution in [0.1, 0.15) is 38.3 Å². The maximum absolute atomic E-state index is 12.8. The number of carbonyl (C=O) groups excluding carboxylic acids is 1. The first kappa shape index (κ1) is 21.7. The van der Waals surface area contributed by atoms with Crippen LogP contribution in [0.2, 0.25) is 0 Å². The van der Waals surface area contributed by atoms with E-state index in [1.807, 2.05) is 20.8 Å². The van der Waals surface area contributed by atoms with Gasteiger partial charge in [0.15, 0.2) is 0 Å². The predicted molar refractivity (Wildman–Crippen MR) is 98.2 cm³/mol. The van der Waals surface area contributed by atoms with Crippen LogP contribution >= 0.6 is 0 Å². The van der Waals surface area contributed by atoms with Crippen LogP contribution in [0, 0.1) is 5.41 Å². The monoisotopic (exact) mass is 386 g/mol. The topological polar surface area (TPSA) is 32.8 Å². The molecule has 0 unspecified atom stereocenters. The van der Waals surface area contributed by atoms with Crippen LogP contribution in [0.25, 0.3) is 0 Å². The Bertz CT molecular complexity index is 603. The van der Waals surface area contributed by atoms with Crippen molar-refractivity contribution in [1.29, 1.82) is 0 Å².